The number of fused-ring (bicyclic) bond motifs is 1. The molecular formula is C21H26N6O4. The molecule has 4 heterocycles. The minimum atomic E-state index is -0.711. The predicted octanol–water partition coefficient (Wildman–Crippen LogP) is 0.802. The molecule has 0 spiro atoms. The van der Waals surface area contributed by atoms with Crippen LogP contribution in [-0.4, -0.2) is 81.8 Å². The summed E-state index contributed by atoms with van der Waals surface area (Å²) in [6.07, 6.45) is 1.88. The van der Waals surface area contributed by atoms with Crippen molar-refractivity contribution in [1.82, 2.24) is 19.5 Å². The normalized spacial score (nSPS) is 24.2. The van der Waals surface area contributed by atoms with Crippen LogP contribution in [-0.2, 0) is 4.74 Å². The number of hydrogen-bond acceptors (Lipinski definition) is 9. The van der Waals surface area contributed by atoms with E-state index >= 15 is 0 Å². The molecule has 3 atom stereocenters. The molecule has 2 aliphatic rings. The third-order valence-electron chi connectivity index (χ3n) is 6.04. The average molecular weight is 426 g/mol. The van der Waals surface area contributed by atoms with Gasteiger partial charge in [0.2, 0.25) is 0 Å². The van der Waals surface area contributed by atoms with Crippen molar-refractivity contribution in [2.45, 2.75) is 24.9 Å². The first-order valence-corrected chi connectivity index (χ1v) is 10.4. The van der Waals surface area contributed by atoms with E-state index in [4.69, 9.17) is 9.47 Å². The van der Waals surface area contributed by atoms with Crippen LogP contribution >= 0.6 is 0 Å². The zero-order valence-corrected chi connectivity index (χ0v) is 17.3. The smallest absolute Gasteiger partial charge is 0.167 e. The Balaban J connectivity index is 1.35. The number of anilines is 2. The van der Waals surface area contributed by atoms with E-state index < -0.39 is 18.4 Å². The summed E-state index contributed by atoms with van der Waals surface area (Å²) in [5.41, 5.74) is 2.46. The Morgan fingerprint density at radius 3 is 2.61 bits per heavy atom. The van der Waals surface area contributed by atoms with Crippen molar-refractivity contribution in [3.8, 4) is 5.75 Å². The third kappa shape index (κ3) is 3.56. The number of imidazole rings is 1. The molecule has 164 valence electrons. The van der Waals surface area contributed by atoms with Gasteiger partial charge in [-0.2, -0.15) is 0 Å². The van der Waals surface area contributed by atoms with Gasteiger partial charge < -0.3 is 29.5 Å². The van der Waals surface area contributed by atoms with Gasteiger partial charge in [0.05, 0.1) is 31.8 Å². The fourth-order valence-corrected chi connectivity index (χ4v) is 4.38. The van der Waals surface area contributed by atoms with Gasteiger partial charge in [0.1, 0.15) is 24.4 Å². The van der Waals surface area contributed by atoms with E-state index in [1.54, 1.807) is 13.4 Å². The fraction of sp³-hybridized carbons (Fsp3) is 0.476. The van der Waals surface area contributed by atoms with Crippen LogP contribution in [0, 0.1) is 0 Å². The maximum atomic E-state index is 10.1. The standard InChI is InChI=1S/C21H26N6O4/c1-30-16-5-3-2-4-14(16)25-6-8-26(9-7-25)20-19-21(23-12-22-20)27(13-24-19)18-10-15(29)17(11-28)31-18/h2-5,12-13,15,17-18,28-29H,6-11H2,1H3/t15-,17+,18+/m0/s1. The highest BCUT2D eigenvalue weighted by Gasteiger charge is 2.35. The summed E-state index contributed by atoms with van der Waals surface area (Å²) in [6.45, 7) is 3.04. The van der Waals surface area contributed by atoms with Crippen molar-refractivity contribution < 1.29 is 19.7 Å². The van der Waals surface area contributed by atoms with Crippen LogP contribution < -0.4 is 14.5 Å². The van der Waals surface area contributed by atoms with Crippen LogP contribution in [0.1, 0.15) is 12.6 Å². The molecule has 0 aliphatic carbocycles. The van der Waals surface area contributed by atoms with Crippen LogP contribution in [0.4, 0.5) is 11.5 Å². The highest BCUT2D eigenvalue weighted by molar-refractivity contribution is 5.83. The van der Waals surface area contributed by atoms with Gasteiger partial charge in [-0.1, -0.05) is 12.1 Å². The van der Waals surface area contributed by atoms with Gasteiger partial charge in [0.15, 0.2) is 17.0 Å². The van der Waals surface area contributed by atoms with Gasteiger partial charge in [-0.25, -0.2) is 15.0 Å². The largest absolute Gasteiger partial charge is 0.495 e. The number of aliphatic hydroxyl groups is 2. The molecule has 5 rings (SSSR count). The van der Waals surface area contributed by atoms with E-state index in [0.717, 1.165) is 43.4 Å². The number of piperazine rings is 1. The van der Waals surface area contributed by atoms with Crippen molar-refractivity contribution >= 4 is 22.7 Å². The van der Waals surface area contributed by atoms with E-state index in [1.165, 1.54) is 6.33 Å². The summed E-state index contributed by atoms with van der Waals surface area (Å²) in [5.74, 6) is 1.67. The monoisotopic (exact) mass is 426 g/mol. The molecule has 2 aromatic heterocycles. The minimum absolute atomic E-state index is 0.221. The quantitative estimate of drug-likeness (QED) is 0.612. The average Bonchev–Trinajstić information content (AvgIpc) is 3.42. The molecule has 31 heavy (non-hydrogen) atoms. The topological polar surface area (TPSA) is 109 Å². The lowest BCUT2D eigenvalue weighted by molar-refractivity contribution is -0.0432. The molecule has 2 aliphatic heterocycles. The minimum Gasteiger partial charge on any atom is -0.495 e. The second-order valence-electron chi connectivity index (χ2n) is 7.78. The predicted molar refractivity (Wildman–Crippen MR) is 114 cm³/mol. The lowest BCUT2D eigenvalue weighted by atomic mass is 10.2. The summed E-state index contributed by atoms with van der Waals surface area (Å²) in [4.78, 5) is 18.0. The summed E-state index contributed by atoms with van der Waals surface area (Å²) in [7, 11) is 1.69. The Hall–Kier alpha value is -2.95. The number of nitrogens with zero attached hydrogens (tertiary/aromatic N) is 6. The summed E-state index contributed by atoms with van der Waals surface area (Å²) >= 11 is 0. The van der Waals surface area contributed by atoms with Gasteiger partial charge in [0.25, 0.3) is 0 Å². The number of ether oxygens (including phenoxy) is 2. The molecule has 1 aromatic carbocycles. The summed E-state index contributed by atoms with van der Waals surface area (Å²) < 4.78 is 13.1. The number of rotatable bonds is 5. The SMILES string of the molecule is COc1ccccc1N1CCN(c2ncnc3c2ncn3[C@H]2C[C@H](O)[C@@H](CO)O2)CC1. The summed E-state index contributed by atoms with van der Waals surface area (Å²) in [6, 6.07) is 8.05. The highest BCUT2D eigenvalue weighted by Crippen LogP contribution is 2.33. The molecule has 2 saturated heterocycles. The van der Waals surface area contributed by atoms with Gasteiger partial charge in [-0.05, 0) is 12.1 Å². The third-order valence-corrected chi connectivity index (χ3v) is 6.04. The molecule has 0 unspecified atom stereocenters. The number of hydrogen-bond donors (Lipinski definition) is 2. The highest BCUT2D eigenvalue weighted by atomic mass is 16.5. The molecule has 0 saturated carbocycles. The van der Waals surface area contributed by atoms with Gasteiger partial charge in [-0.3, -0.25) is 4.57 Å². The van der Waals surface area contributed by atoms with E-state index in [0.29, 0.717) is 17.6 Å². The maximum Gasteiger partial charge on any atom is 0.167 e. The van der Waals surface area contributed by atoms with Crippen molar-refractivity contribution in [3.05, 3.63) is 36.9 Å². The van der Waals surface area contributed by atoms with Crippen molar-refractivity contribution in [2.75, 3.05) is 49.7 Å². The molecule has 0 bridgehead atoms. The van der Waals surface area contributed by atoms with E-state index in [1.807, 2.05) is 22.8 Å². The molecule has 0 amide bonds. The second-order valence-corrected chi connectivity index (χ2v) is 7.78. The molecular weight excluding hydrogens is 400 g/mol. The fourth-order valence-electron chi connectivity index (χ4n) is 4.38. The van der Waals surface area contributed by atoms with Gasteiger partial charge in [0, 0.05) is 32.6 Å². The second kappa shape index (κ2) is 8.29. The van der Waals surface area contributed by atoms with Crippen LogP contribution in [0.5, 0.6) is 5.75 Å². The number of methoxy groups -OCH3 is 1. The van der Waals surface area contributed by atoms with Crippen LogP contribution in [0.15, 0.2) is 36.9 Å². The molecule has 10 heteroatoms. The van der Waals surface area contributed by atoms with Crippen molar-refractivity contribution in [3.63, 3.8) is 0 Å². The molecule has 0 radical (unpaired) electrons. The molecule has 2 N–H and O–H groups in total. The maximum absolute atomic E-state index is 10.1. The van der Waals surface area contributed by atoms with Crippen molar-refractivity contribution in [1.29, 1.82) is 0 Å². The van der Waals surface area contributed by atoms with E-state index in [2.05, 4.69) is 30.8 Å². The van der Waals surface area contributed by atoms with Gasteiger partial charge >= 0.3 is 0 Å². The number of benzene rings is 1. The van der Waals surface area contributed by atoms with Crippen molar-refractivity contribution in [2.24, 2.45) is 0 Å². The number of para-hydroxylation sites is 2. The zero-order chi connectivity index (χ0) is 21.4. The number of aromatic nitrogens is 4. The van der Waals surface area contributed by atoms with Crippen LogP contribution in [0.25, 0.3) is 11.2 Å². The van der Waals surface area contributed by atoms with Gasteiger partial charge in [-0.15, -0.1) is 0 Å². The Morgan fingerprint density at radius 2 is 1.87 bits per heavy atom. The van der Waals surface area contributed by atoms with E-state index in [9.17, 15) is 10.2 Å². The van der Waals surface area contributed by atoms with Crippen LogP contribution in [0.2, 0.25) is 0 Å². The van der Waals surface area contributed by atoms with Crippen LogP contribution in [0.3, 0.4) is 0 Å². The zero-order valence-electron chi connectivity index (χ0n) is 17.3. The summed E-state index contributed by atoms with van der Waals surface area (Å²) in [5, 5.41) is 19.4. The molecule has 3 aromatic rings. The Labute approximate surface area is 179 Å². The Morgan fingerprint density at radius 1 is 1.10 bits per heavy atom. The first-order valence-electron chi connectivity index (χ1n) is 10.4. The lowest BCUT2D eigenvalue weighted by Crippen LogP contribution is -2.47. The first kappa shape index (κ1) is 20.0. The Bertz CT molecular complexity index is 1050. The Kier molecular flexibility index (Phi) is 5.34. The molecule has 10 nitrogen and oxygen atoms in total. The lowest BCUT2D eigenvalue weighted by Gasteiger charge is -2.37. The number of aliphatic hydroxyl groups excluding tert-OH is 2. The van der Waals surface area contributed by atoms with E-state index in [-0.39, 0.29) is 6.61 Å². The molecule has 2 fully saturated rings. The first-order chi connectivity index (χ1) is 15.2.